The summed E-state index contributed by atoms with van der Waals surface area (Å²) in [5.41, 5.74) is 0. The summed E-state index contributed by atoms with van der Waals surface area (Å²) in [5.74, 6) is 0. The van der Waals surface area contributed by atoms with Crippen molar-refractivity contribution in [3.8, 4) is 0 Å². The summed E-state index contributed by atoms with van der Waals surface area (Å²) < 4.78 is 9.91. The van der Waals surface area contributed by atoms with E-state index in [9.17, 15) is 0 Å². The monoisotopic (exact) mass is 132 g/mol. The fraction of sp³-hybridized carbons (Fsp3) is 1.00. The Balaban J connectivity index is 2.30. The van der Waals surface area contributed by atoms with Crippen LogP contribution in [0.2, 0.25) is 0 Å². The fourth-order valence-corrected chi connectivity index (χ4v) is 0.913. The molecular weight excluding hydrogens is 120 g/mol. The van der Waals surface area contributed by atoms with Crippen molar-refractivity contribution in [1.82, 2.24) is 0 Å². The molecule has 1 heterocycles. The first-order valence-electron chi connectivity index (χ1n) is 3.22. The second-order valence-electron chi connectivity index (χ2n) is 2.17. The minimum absolute atomic E-state index is 0.0150. The largest absolute Gasteiger partial charge is 0.388 e. The topological polar surface area (TPSA) is 38.7 Å². The molecule has 0 bridgehead atoms. The molecule has 0 aromatic rings. The molecule has 1 fully saturated rings. The van der Waals surface area contributed by atoms with Gasteiger partial charge in [0.2, 0.25) is 0 Å². The predicted octanol–water partition coefficient (Wildman–Crippen LogP) is 0.130. The van der Waals surface area contributed by atoms with Crippen LogP contribution < -0.4 is 0 Å². The summed E-state index contributed by atoms with van der Waals surface area (Å²) in [6.07, 6.45) is 0.410. The minimum Gasteiger partial charge on any atom is -0.388 e. The molecule has 9 heavy (non-hydrogen) atoms. The lowest BCUT2D eigenvalue weighted by molar-refractivity contribution is -0.193. The van der Waals surface area contributed by atoms with Gasteiger partial charge in [0.05, 0.1) is 12.7 Å². The molecule has 1 aliphatic rings. The van der Waals surface area contributed by atoms with Crippen molar-refractivity contribution in [2.24, 2.45) is 0 Å². The molecule has 1 N–H and O–H groups in total. The number of hydrogen-bond acceptors (Lipinski definition) is 3. The first-order valence-corrected chi connectivity index (χ1v) is 3.22. The van der Waals surface area contributed by atoms with Crippen LogP contribution in [0.25, 0.3) is 0 Å². The van der Waals surface area contributed by atoms with Gasteiger partial charge >= 0.3 is 0 Å². The SMILES string of the molecule is CC[C@@H]1OCOC[C@@H]1O. The third-order valence-corrected chi connectivity index (χ3v) is 1.49. The molecule has 1 aliphatic heterocycles. The van der Waals surface area contributed by atoms with E-state index in [0.29, 0.717) is 13.4 Å². The van der Waals surface area contributed by atoms with E-state index < -0.39 is 6.10 Å². The van der Waals surface area contributed by atoms with Gasteiger partial charge in [0, 0.05) is 0 Å². The Bertz CT molecular complexity index is 84.4. The van der Waals surface area contributed by atoms with Crippen LogP contribution in [0, 0.1) is 0 Å². The maximum atomic E-state index is 9.12. The van der Waals surface area contributed by atoms with Gasteiger partial charge in [0.1, 0.15) is 12.9 Å². The Morgan fingerprint density at radius 3 is 2.89 bits per heavy atom. The zero-order valence-corrected chi connectivity index (χ0v) is 5.54. The molecule has 0 aromatic heterocycles. The average molecular weight is 132 g/mol. The smallest absolute Gasteiger partial charge is 0.147 e. The van der Waals surface area contributed by atoms with Gasteiger partial charge in [-0.05, 0) is 6.42 Å². The molecule has 2 atom stereocenters. The molecule has 0 unspecified atom stereocenters. The summed E-state index contributed by atoms with van der Waals surface area (Å²) in [7, 11) is 0. The third-order valence-electron chi connectivity index (χ3n) is 1.49. The van der Waals surface area contributed by atoms with Crippen molar-refractivity contribution in [2.45, 2.75) is 25.6 Å². The highest BCUT2D eigenvalue weighted by Gasteiger charge is 2.21. The highest BCUT2D eigenvalue weighted by Crippen LogP contribution is 2.09. The quantitative estimate of drug-likeness (QED) is 0.551. The van der Waals surface area contributed by atoms with E-state index in [1.165, 1.54) is 0 Å². The molecule has 0 amide bonds. The molecule has 3 nitrogen and oxygen atoms in total. The summed E-state index contributed by atoms with van der Waals surface area (Å²) in [6.45, 7) is 2.73. The van der Waals surface area contributed by atoms with Crippen LogP contribution in [-0.2, 0) is 9.47 Å². The molecule has 0 spiro atoms. The second-order valence-corrected chi connectivity index (χ2v) is 2.17. The standard InChI is InChI=1S/C6H12O3/c1-2-6-5(7)3-8-4-9-6/h5-7H,2-4H2,1H3/t5-,6-/m0/s1. The fourth-order valence-electron chi connectivity index (χ4n) is 0.913. The maximum absolute atomic E-state index is 9.12. The molecule has 0 aliphatic carbocycles. The first kappa shape index (κ1) is 6.99. The number of aliphatic hydroxyl groups excluding tert-OH is 1. The van der Waals surface area contributed by atoms with Gasteiger partial charge in [0.15, 0.2) is 0 Å². The van der Waals surface area contributed by atoms with Crippen LogP contribution in [-0.4, -0.2) is 30.7 Å². The number of rotatable bonds is 1. The van der Waals surface area contributed by atoms with Crippen LogP contribution >= 0.6 is 0 Å². The van der Waals surface area contributed by atoms with Crippen molar-refractivity contribution in [3.05, 3.63) is 0 Å². The van der Waals surface area contributed by atoms with E-state index in [1.54, 1.807) is 0 Å². The van der Waals surface area contributed by atoms with Crippen LogP contribution in [0.4, 0.5) is 0 Å². The normalized spacial score (nSPS) is 36.7. The lowest BCUT2D eigenvalue weighted by atomic mass is 10.1. The van der Waals surface area contributed by atoms with Crippen LogP contribution in [0.15, 0.2) is 0 Å². The van der Waals surface area contributed by atoms with Gasteiger partial charge in [-0.3, -0.25) is 0 Å². The first-order chi connectivity index (χ1) is 4.34. The molecule has 1 saturated heterocycles. The molecule has 3 heteroatoms. The van der Waals surface area contributed by atoms with Crippen molar-refractivity contribution in [1.29, 1.82) is 0 Å². The van der Waals surface area contributed by atoms with E-state index >= 15 is 0 Å². The van der Waals surface area contributed by atoms with Crippen molar-refractivity contribution in [2.75, 3.05) is 13.4 Å². The van der Waals surface area contributed by atoms with Gasteiger partial charge in [-0.1, -0.05) is 6.92 Å². The van der Waals surface area contributed by atoms with Crippen LogP contribution in [0.3, 0.4) is 0 Å². The number of ether oxygens (including phenoxy) is 2. The Morgan fingerprint density at radius 1 is 1.67 bits per heavy atom. The van der Waals surface area contributed by atoms with Gasteiger partial charge in [0.25, 0.3) is 0 Å². The summed E-state index contributed by atoms with van der Waals surface area (Å²) in [4.78, 5) is 0. The summed E-state index contributed by atoms with van der Waals surface area (Å²) in [6, 6.07) is 0. The van der Waals surface area contributed by atoms with E-state index in [4.69, 9.17) is 14.6 Å². The predicted molar refractivity (Wildman–Crippen MR) is 32.0 cm³/mol. The zero-order chi connectivity index (χ0) is 6.69. The molecule has 54 valence electrons. The van der Waals surface area contributed by atoms with Crippen molar-refractivity contribution < 1.29 is 14.6 Å². The number of aliphatic hydroxyl groups is 1. The molecule has 0 radical (unpaired) electrons. The average Bonchev–Trinajstić information content (AvgIpc) is 1.89. The van der Waals surface area contributed by atoms with Gasteiger partial charge in [-0.15, -0.1) is 0 Å². The van der Waals surface area contributed by atoms with E-state index in [2.05, 4.69) is 0 Å². The Hall–Kier alpha value is -0.120. The molecule has 0 saturated carbocycles. The summed E-state index contributed by atoms with van der Waals surface area (Å²) in [5, 5.41) is 9.12. The summed E-state index contributed by atoms with van der Waals surface area (Å²) >= 11 is 0. The highest BCUT2D eigenvalue weighted by molar-refractivity contribution is 4.68. The molecule has 0 aromatic carbocycles. The molecular formula is C6H12O3. The third kappa shape index (κ3) is 1.64. The maximum Gasteiger partial charge on any atom is 0.147 e. The zero-order valence-electron chi connectivity index (χ0n) is 5.54. The minimum atomic E-state index is -0.427. The Morgan fingerprint density at radius 2 is 2.44 bits per heavy atom. The van der Waals surface area contributed by atoms with Crippen molar-refractivity contribution in [3.63, 3.8) is 0 Å². The lowest BCUT2D eigenvalue weighted by Gasteiger charge is -2.26. The van der Waals surface area contributed by atoms with E-state index in [0.717, 1.165) is 6.42 Å². The molecule has 1 rings (SSSR count). The second kappa shape index (κ2) is 3.15. The Kier molecular flexibility index (Phi) is 2.45. The van der Waals surface area contributed by atoms with Crippen LogP contribution in [0.1, 0.15) is 13.3 Å². The Labute approximate surface area is 54.6 Å². The van der Waals surface area contributed by atoms with Gasteiger partial charge in [-0.2, -0.15) is 0 Å². The lowest BCUT2D eigenvalue weighted by Crippen LogP contribution is -2.38. The highest BCUT2D eigenvalue weighted by atomic mass is 16.7. The van der Waals surface area contributed by atoms with Crippen molar-refractivity contribution >= 4 is 0 Å². The van der Waals surface area contributed by atoms with Crippen LogP contribution in [0.5, 0.6) is 0 Å². The number of hydrogen-bond donors (Lipinski definition) is 1. The van der Waals surface area contributed by atoms with Gasteiger partial charge < -0.3 is 14.6 Å². The van der Waals surface area contributed by atoms with E-state index in [-0.39, 0.29) is 6.10 Å². The van der Waals surface area contributed by atoms with Gasteiger partial charge in [-0.25, -0.2) is 0 Å². The van der Waals surface area contributed by atoms with E-state index in [1.807, 2.05) is 6.92 Å².